The standard InChI is InChI=1S/C16H25N5O2.C2H6/c1-19-7-3-16(23,4-8-19)13-14(22)20-9-11-21(12-10-20)15-17-5-2-6-18-15;1-2/h2,5-6,23H,3-4,7-13H2,1H3;1-2H3. The number of rotatable bonds is 3. The molecule has 1 aromatic rings. The summed E-state index contributed by atoms with van der Waals surface area (Å²) in [5, 5.41) is 10.6. The van der Waals surface area contributed by atoms with Crippen molar-refractivity contribution in [2.24, 2.45) is 0 Å². The van der Waals surface area contributed by atoms with E-state index in [4.69, 9.17) is 0 Å². The van der Waals surface area contributed by atoms with Crippen molar-refractivity contribution in [3.8, 4) is 0 Å². The van der Waals surface area contributed by atoms with Gasteiger partial charge in [0, 0.05) is 51.7 Å². The van der Waals surface area contributed by atoms with Crippen LogP contribution in [-0.2, 0) is 4.79 Å². The molecular formula is C18H31N5O2. The first-order valence-electron chi connectivity index (χ1n) is 9.26. The van der Waals surface area contributed by atoms with Crippen molar-refractivity contribution >= 4 is 11.9 Å². The average molecular weight is 349 g/mol. The van der Waals surface area contributed by atoms with Crippen molar-refractivity contribution in [1.29, 1.82) is 0 Å². The minimum atomic E-state index is -0.830. The highest BCUT2D eigenvalue weighted by molar-refractivity contribution is 5.77. The van der Waals surface area contributed by atoms with E-state index in [1.807, 2.05) is 25.8 Å². The summed E-state index contributed by atoms with van der Waals surface area (Å²) in [7, 11) is 2.05. The van der Waals surface area contributed by atoms with Gasteiger partial charge in [-0.25, -0.2) is 9.97 Å². The van der Waals surface area contributed by atoms with E-state index in [0.29, 0.717) is 31.9 Å². The van der Waals surface area contributed by atoms with Gasteiger partial charge in [-0.2, -0.15) is 0 Å². The zero-order valence-electron chi connectivity index (χ0n) is 15.7. The molecule has 3 heterocycles. The first-order chi connectivity index (χ1) is 12.1. The van der Waals surface area contributed by atoms with Gasteiger partial charge in [0.05, 0.1) is 12.0 Å². The number of carbonyl (C=O) groups is 1. The topological polar surface area (TPSA) is 72.8 Å². The third-order valence-electron chi connectivity index (χ3n) is 4.87. The van der Waals surface area contributed by atoms with Crippen molar-refractivity contribution in [3.05, 3.63) is 18.5 Å². The van der Waals surface area contributed by atoms with Crippen molar-refractivity contribution in [3.63, 3.8) is 0 Å². The molecule has 1 aromatic heterocycles. The summed E-state index contributed by atoms with van der Waals surface area (Å²) in [4.78, 5) is 27.1. The molecule has 7 heteroatoms. The second kappa shape index (κ2) is 9.10. The molecule has 0 atom stereocenters. The average Bonchev–Trinajstić information content (AvgIpc) is 2.67. The maximum atomic E-state index is 12.5. The lowest BCUT2D eigenvalue weighted by Gasteiger charge is -2.39. The maximum Gasteiger partial charge on any atom is 0.225 e. The fraction of sp³-hybridized carbons (Fsp3) is 0.722. The first-order valence-corrected chi connectivity index (χ1v) is 9.26. The van der Waals surface area contributed by atoms with Gasteiger partial charge in [0.25, 0.3) is 0 Å². The van der Waals surface area contributed by atoms with Gasteiger partial charge >= 0.3 is 0 Å². The van der Waals surface area contributed by atoms with Crippen LogP contribution in [0.4, 0.5) is 5.95 Å². The quantitative estimate of drug-likeness (QED) is 0.878. The molecule has 3 rings (SSSR count). The molecular weight excluding hydrogens is 318 g/mol. The third kappa shape index (κ3) is 5.37. The Morgan fingerprint density at radius 3 is 2.20 bits per heavy atom. The van der Waals surface area contributed by atoms with Crippen LogP contribution in [0, 0.1) is 0 Å². The Balaban J connectivity index is 0.00000109. The molecule has 1 amide bonds. The molecule has 2 aliphatic rings. The van der Waals surface area contributed by atoms with E-state index in [1.165, 1.54) is 0 Å². The van der Waals surface area contributed by atoms with Crippen LogP contribution >= 0.6 is 0 Å². The Labute approximate surface area is 150 Å². The van der Waals surface area contributed by atoms with Gasteiger partial charge in [-0.05, 0) is 26.0 Å². The monoisotopic (exact) mass is 349 g/mol. The van der Waals surface area contributed by atoms with Gasteiger partial charge in [0.15, 0.2) is 0 Å². The third-order valence-corrected chi connectivity index (χ3v) is 4.87. The molecule has 2 aliphatic heterocycles. The lowest BCUT2D eigenvalue weighted by Crippen LogP contribution is -2.52. The first kappa shape index (κ1) is 19.6. The number of aromatic nitrogens is 2. The zero-order valence-corrected chi connectivity index (χ0v) is 15.7. The number of likely N-dealkylation sites (tertiary alicyclic amines) is 1. The van der Waals surface area contributed by atoms with Crippen LogP contribution in [0.3, 0.4) is 0 Å². The van der Waals surface area contributed by atoms with Gasteiger partial charge in [0.1, 0.15) is 0 Å². The van der Waals surface area contributed by atoms with Gasteiger partial charge in [-0.15, -0.1) is 0 Å². The number of piperidine rings is 1. The number of amides is 1. The highest BCUT2D eigenvalue weighted by atomic mass is 16.3. The number of piperazine rings is 1. The molecule has 0 radical (unpaired) electrons. The van der Waals surface area contributed by atoms with Gasteiger partial charge < -0.3 is 19.8 Å². The molecule has 2 saturated heterocycles. The van der Waals surface area contributed by atoms with Crippen molar-refractivity contribution in [2.75, 3.05) is 51.2 Å². The largest absolute Gasteiger partial charge is 0.389 e. The second-order valence-electron chi connectivity index (χ2n) is 6.62. The molecule has 2 fully saturated rings. The van der Waals surface area contributed by atoms with Gasteiger partial charge in [0.2, 0.25) is 11.9 Å². The molecule has 0 saturated carbocycles. The normalized spacial score (nSPS) is 20.6. The number of nitrogens with zero attached hydrogens (tertiary/aromatic N) is 5. The van der Waals surface area contributed by atoms with Crippen LogP contribution in [0.5, 0.6) is 0 Å². The molecule has 0 unspecified atom stereocenters. The maximum absolute atomic E-state index is 12.5. The van der Waals surface area contributed by atoms with E-state index >= 15 is 0 Å². The van der Waals surface area contributed by atoms with Crippen LogP contribution in [0.1, 0.15) is 33.1 Å². The van der Waals surface area contributed by atoms with E-state index < -0.39 is 5.60 Å². The molecule has 25 heavy (non-hydrogen) atoms. The van der Waals surface area contributed by atoms with Crippen LogP contribution in [0.2, 0.25) is 0 Å². The van der Waals surface area contributed by atoms with E-state index in [1.54, 1.807) is 18.5 Å². The molecule has 0 bridgehead atoms. The molecule has 0 aromatic carbocycles. The Kier molecular flexibility index (Phi) is 7.13. The SMILES string of the molecule is CC.CN1CCC(O)(CC(=O)N2CCN(c3ncccn3)CC2)CC1. The Bertz CT molecular complexity index is 524. The summed E-state index contributed by atoms with van der Waals surface area (Å²) < 4.78 is 0. The van der Waals surface area contributed by atoms with Crippen LogP contribution < -0.4 is 4.90 Å². The summed E-state index contributed by atoms with van der Waals surface area (Å²) in [6.07, 6.45) is 5.05. The van der Waals surface area contributed by atoms with E-state index in [9.17, 15) is 9.90 Å². The predicted molar refractivity (Wildman–Crippen MR) is 98.5 cm³/mol. The number of carbonyl (C=O) groups excluding carboxylic acids is 1. The molecule has 0 aliphatic carbocycles. The predicted octanol–water partition coefficient (Wildman–Crippen LogP) is 0.998. The Morgan fingerprint density at radius 1 is 1.08 bits per heavy atom. The minimum absolute atomic E-state index is 0.0608. The summed E-state index contributed by atoms with van der Waals surface area (Å²) in [5.74, 6) is 0.777. The fourth-order valence-electron chi connectivity index (χ4n) is 3.22. The fourth-order valence-corrected chi connectivity index (χ4v) is 3.22. The number of hydrogen-bond donors (Lipinski definition) is 1. The summed E-state index contributed by atoms with van der Waals surface area (Å²) in [6, 6.07) is 1.80. The summed E-state index contributed by atoms with van der Waals surface area (Å²) in [5.41, 5.74) is -0.830. The van der Waals surface area contributed by atoms with Crippen molar-refractivity contribution < 1.29 is 9.90 Å². The molecule has 140 valence electrons. The highest BCUT2D eigenvalue weighted by Gasteiger charge is 2.35. The highest BCUT2D eigenvalue weighted by Crippen LogP contribution is 2.26. The van der Waals surface area contributed by atoms with Crippen molar-refractivity contribution in [2.45, 2.75) is 38.7 Å². The van der Waals surface area contributed by atoms with Gasteiger partial charge in [-0.1, -0.05) is 13.8 Å². The zero-order chi connectivity index (χ0) is 18.3. The number of anilines is 1. The Morgan fingerprint density at radius 2 is 1.64 bits per heavy atom. The van der Waals surface area contributed by atoms with Gasteiger partial charge in [-0.3, -0.25) is 4.79 Å². The van der Waals surface area contributed by atoms with Crippen LogP contribution in [-0.4, -0.2) is 82.7 Å². The van der Waals surface area contributed by atoms with E-state index in [-0.39, 0.29) is 12.3 Å². The second-order valence-corrected chi connectivity index (χ2v) is 6.62. The van der Waals surface area contributed by atoms with E-state index in [0.717, 1.165) is 26.2 Å². The number of hydrogen-bond acceptors (Lipinski definition) is 6. The minimum Gasteiger partial charge on any atom is -0.389 e. The summed E-state index contributed by atoms with van der Waals surface area (Å²) in [6.45, 7) is 8.49. The van der Waals surface area contributed by atoms with Crippen LogP contribution in [0.25, 0.3) is 0 Å². The lowest BCUT2D eigenvalue weighted by atomic mass is 9.88. The number of aliphatic hydroxyl groups is 1. The van der Waals surface area contributed by atoms with E-state index in [2.05, 4.69) is 19.8 Å². The summed E-state index contributed by atoms with van der Waals surface area (Å²) >= 11 is 0. The Hall–Kier alpha value is -1.73. The molecule has 7 nitrogen and oxygen atoms in total. The smallest absolute Gasteiger partial charge is 0.225 e. The molecule has 1 N–H and O–H groups in total. The van der Waals surface area contributed by atoms with Crippen LogP contribution in [0.15, 0.2) is 18.5 Å². The van der Waals surface area contributed by atoms with Crippen molar-refractivity contribution in [1.82, 2.24) is 19.8 Å². The molecule has 0 spiro atoms. The lowest BCUT2D eigenvalue weighted by molar-refractivity contribution is -0.138.